The van der Waals surface area contributed by atoms with Crippen molar-refractivity contribution < 1.29 is 4.79 Å². The van der Waals surface area contributed by atoms with Gasteiger partial charge >= 0.3 is 0 Å². The lowest BCUT2D eigenvalue weighted by atomic mass is 9.88. The second-order valence-electron chi connectivity index (χ2n) is 5.84. The first-order valence-corrected chi connectivity index (χ1v) is 7.53. The zero-order valence-electron chi connectivity index (χ0n) is 12.7. The van der Waals surface area contributed by atoms with E-state index in [1.165, 1.54) is 0 Å². The highest BCUT2D eigenvalue weighted by Crippen LogP contribution is 2.21. The molecule has 0 saturated heterocycles. The Morgan fingerprint density at radius 1 is 1.38 bits per heavy atom. The quantitative estimate of drug-likeness (QED) is 0.732. The zero-order chi connectivity index (χ0) is 15.2. The molecule has 1 heterocycles. The molecule has 0 saturated carbocycles. The molecular weight excluding hydrogens is 264 g/mol. The van der Waals surface area contributed by atoms with Crippen LogP contribution in [0.5, 0.6) is 0 Å². The number of nitrogens with zero attached hydrogens (tertiary/aromatic N) is 1. The average Bonchev–Trinajstić information content (AvgIpc) is 2.90. The molecule has 0 aliphatic heterocycles. The van der Waals surface area contributed by atoms with Crippen LogP contribution >= 0.6 is 0 Å². The van der Waals surface area contributed by atoms with Gasteiger partial charge in [0.1, 0.15) is 0 Å². The molecule has 1 amide bonds. The minimum Gasteiger partial charge on any atom is -0.330 e. The lowest BCUT2D eigenvalue weighted by Gasteiger charge is -2.19. The second-order valence-corrected chi connectivity index (χ2v) is 5.84. The Balaban J connectivity index is 1.88. The van der Waals surface area contributed by atoms with Gasteiger partial charge in [-0.1, -0.05) is 13.8 Å². The lowest BCUT2D eigenvalue weighted by molar-refractivity contribution is -0.116. The number of nitrogens with two attached hydrogens (primary N) is 1. The molecule has 5 nitrogen and oxygen atoms in total. The van der Waals surface area contributed by atoms with Gasteiger partial charge in [-0.3, -0.25) is 9.89 Å². The number of rotatable bonds is 7. The fourth-order valence-electron chi connectivity index (χ4n) is 2.59. The van der Waals surface area contributed by atoms with Crippen molar-refractivity contribution in [2.75, 3.05) is 11.9 Å². The first kappa shape index (κ1) is 15.5. The molecule has 0 spiro atoms. The van der Waals surface area contributed by atoms with Crippen molar-refractivity contribution in [1.29, 1.82) is 0 Å². The predicted octanol–water partition coefficient (Wildman–Crippen LogP) is 2.90. The number of anilines is 1. The Labute approximate surface area is 125 Å². The summed E-state index contributed by atoms with van der Waals surface area (Å²) in [6.45, 7) is 5.05. The summed E-state index contributed by atoms with van der Waals surface area (Å²) in [5.41, 5.74) is 7.41. The van der Waals surface area contributed by atoms with Crippen molar-refractivity contribution in [3.05, 3.63) is 24.4 Å². The molecule has 1 unspecified atom stereocenters. The van der Waals surface area contributed by atoms with Gasteiger partial charge in [-0.2, -0.15) is 5.10 Å². The normalized spacial score (nSPS) is 12.8. The van der Waals surface area contributed by atoms with Crippen LogP contribution in [0, 0.1) is 11.8 Å². The van der Waals surface area contributed by atoms with Gasteiger partial charge in [0.25, 0.3) is 0 Å². The predicted molar refractivity (Wildman–Crippen MR) is 86.0 cm³/mol. The van der Waals surface area contributed by atoms with E-state index >= 15 is 0 Å². The maximum Gasteiger partial charge on any atom is 0.224 e. The Hall–Kier alpha value is -1.88. The van der Waals surface area contributed by atoms with Gasteiger partial charge in [0, 0.05) is 17.5 Å². The number of H-pyrrole nitrogens is 1. The highest BCUT2D eigenvalue weighted by atomic mass is 16.1. The summed E-state index contributed by atoms with van der Waals surface area (Å²) in [4.78, 5) is 12.1. The van der Waals surface area contributed by atoms with Crippen molar-refractivity contribution in [3.63, 3.8) is 0 Å². The van der Waals surface area contributed by atoms with Crippen LogP contribution in [0.1, 0.15) is 33.1 Å². The third-order valence-electron chi connectivity index (χ3n) is 3.95. The summed E-state index contributed by atoms with van der Waals surface area (Å²) >= 11 is 0. The van der Waals surface area contributed by atoms with E-state index in [2.05, 4.69) is 29.4 Å². The smallest absolute Gasteiger partial charge is 0.224 e. The molecule has 5 heteroatoms. The molecule has 1 aromatic carbocycles. The monoisotopic (exact) mass is 288 g/mol. The van der Waals surface area contributed by atoms with E-state index in [4.69, 9.17) is 5.73 Å². The number of aromatic nitrogens is 2. The van der Waals surface area contributed by atoms with Crippen LogP contribution in [-0.2, 0) is 4.79 Å². The summed E-state index contributed by atoms with van der Waals surface area (Å²) in [6.07, 6.45) is 4.15. The van der Waals surface area contributed by atoms with E-state index in [9.17, 15) is 4.79 Å². The topological polar surface area (TPSA) is 83.8 Å². The highest BCUT2D eigenvalue weighted by Gasteiger charge is 2.14. The Morgan fingerprint density at radius 2 is 2.19 bits per heavy atom. The molecule has 2 rings (SSSR count). The fraction of sp³-hybridized carbons (Fsp3) is 0.500. The van der Waals surface area contributed by atoms with E-state index in [-0.39, 0.29) is 5.91 Å². The largest absolute Gasteiger partial charge is 0.330 e. The van der Waals surface area contributed by atoms with E-state index in [0.717, 1.165) is 29.4 Å². The molecular formula is C16H24N4O. The number of nitrogens with one attached hydrogen (secondary N) is 2. The van der Waals surface area contributed by atoms with E-state index in [1.54, 1.807) is 6.20 Å². The zero-order valence-corrected chi connectivity index (χ0v) is 12.7. The molecule has 1 aromatic heterocycles. The number of carbonyl (C=O) groups excluding carboxylic acids is 1. The maximum absolute atomic E-state index is 12.1. The van der Waals surface area contributed by atoms with Crippen molar-refractivity contribution in [1.82, 2.24) is 10.2 Å². The minimum absolute atomic E-state index is 0.0560. The van der Waals surface area contributed by atoms with Gasteiger partial charge in [0.2, 0.25) is 5.91 Å². The molecule has 0 fully saturated rings. The van der Waals surface area contributed by atoms with Crippen molar-refractivity contribution >= 4 is 22.5 Å². The Morgan fingerprint density at radius 3 is 2.90 bits per heavy atom. The number of hydrogen-bond acceptors (Lipinski definition) is 3. The summed E-state index contributed by atoms with van der Waals surface area (Å²) in [5, 5.41) is 10.8. The Bertz CT molecular complexity index is 591. The standard InChI is InChI=1S/C16H24N4O/c1-11(2)12(7-8-17)3-6-16(21)19-14-4-5-15-13(9-14)10-18-20-15/h4-5,9-12H,3,6-8,17H2,1-2H3,(H,18,20)(H,19,21). The molecule has 0 bridgehead atoms. The molecule has 114 valence electrons. The van der Waals surface area contributed by atoms with Crippen LogP contribution in [0.2, 0.25) is 0 Å². The molecule has 2 aromatic rings. The third kappa shape index (κ3) is 4.29. The first-order valence-electron chi connectivity index (χ1n) is 7.53. The SMILES string of the molecule is CC(C)C(CCN)CCC(=O)Nc1ccc2[nH]ncc2c1. The molecule has 1 atom stereocenters. The Kier molecular flexibility index (Phi) is 5.33. The maximum atomic E-state index is 12.1. The van der Waals surface area contributed by atoms with Gasteiger partial charge in [0.05, 0.1) is 11.7 Å². The van der Waals surface area contributed by atoms with E-state index < -0.39 is 0 Å². The second kappa shape index (κ2) is 7.22. The number of hydrogen-bond donors (Lipinski definition) is 3. The lowest BCUT2D eigenvalue weighted by Crippen LogP contribution is -2.18. The summed E-state index contributed by atoms with van der Waals surface area (Å²) in [6, 6.07) is 5.73. The number of carbonyl (C=O) groups is 1. The van der Waals surface area contributed by atoms with Gasteiger partial charge in [-0.15, -0.1) is 0 Å². The molecule has 0 aliphatic carbocycles. The number of aromatic amines is 1. The van der Waals surface area contributed by atoms with E-state index in [0.29, 0.717) is 24.8 Å². The molecule has 21 heavy (non-hydrogen) atoms. The van der Waals surface area contributed by atoms with Gasteiger partial charge in [-0.05, 0) is 49.4 Å². The average molecular weight is 288 g/mol. The van der Waals surface area contributed by atoms with Gasteiger partial charge < -0.3 is 11.1 Å². The third-order valence-corrected chi connectivity index (χ3v) is 3.95. The summed E-state index contributed by atoms with van der Waals surface area (Å²) in [5.74, 6) is 1.13. The van der Waals surface area contributed by atoms with Crippen LogP contribution < -0.4 is 11.1 Å². The number of benzene rings is 1. The van der Waals surface area contributed by atoms with E-state index in [1.807, 2.05) is 18.2 Å². The molecule has 0 radical (unpaired) electrons. The molecule has 4 N–H and O–H groups in total. The van der Waals surface area contributed by atoms with Crippen LogP contribution in [0.3, 0.4) is 0 Å². The fourth-order valence-corrected chi connectivity index (χ4v) is 2.59. The van der Waals surface area contributed by atoms with Crippen molar-refractivity contribution in [3.8, 4) is 0 Å². The minimum atomic E-state index is 0.0560. The van der Waals surface area contributed by atoms with Gasteiger partial charge in [-0.25, -0.2) is 0 Å². The van der Waals surface area contributed by atoms with Crippen LogP contribution in [-0.4, -0.2) is 22.6 Å². The van der Waals surface area contributed by atoms with Gasteiger partial charge in [0.15, 0.2) is 0 Å². The summed E-state index contributed by atoms with van der Waals surface area (Å²) in [7, 11) is 0. The number of amides is 1. The van der Waals surface area contributed by atoms with Crippen LogP contribution in [0.4, 0.5) is 5.69 Å². The first-order chi connectivity index (χ1) is 10.1. The highest BCUT2D eigenvalue weighted by molar-refractivity contribution is 5.93. The molecule has 0 aliphatic rings. The number of fused-ring (bicyclic) bond motifs is 1. The summed E-state index contributed by atoms with van der Waals surface area (Å²) < 4.78 is 0. The van der Waals surface area contributed by atoms with Crippen molar-refractivity contribution in [2.45, 2.75) is 33.1 Å². The van der Waals surface area contributed by atoms with Crippen LogP contribution in [0.15, 0.2) is 24.4 Å². The van der Waals surface area contributed by atoms with Crippen molar-refractivity contribution in [2.24, 2.45) is 17.6 Å². The van der Waals surface area contributed by atoms with Crippen LogP contribution in [0.25, 0.3) is 10.9 Å².